The summed E-state index contributed by atoms with van der Waals surface area (Å²) < 4.78 is 4.66. The summed E-state index contributed by atoms with van der Waals surface area (Å²) in [5.41, 5.74) is 1.45. The van der Waals surface area contributed by atoms with Gasteiger partial charge in [-0.2, -0.15) is 0 Å². The second-order valence-electron chi connectivity index (χ2n) is 5.54. The maximum absolute atomic E-state index is 11.3. The molecule has 1 aliphatic heterocycles. The molecule has 0 atom stereocenters. The minimum atomic E-state index is -0.343. The van der Waals surface area contributed by atoms with E-state index in [1.807, 2.05) is 6.07 Å². The van der Waals surface area contributed by atoms with E-state index in [0.717, 1.165) is 31.2 Å². The lowest BCUT2D eigenvalue weighted by molar-refractivity contribution is 0.0600. The number of piperidine rings is 1. The zero-order valence-electron chi connectivity index (χ0n) is 13.0. The first-order valence-electron chi connectivity index (χ1n) is 7.69. The number of carbonyl (C=O) groups is 1. The van der Waals surface area contributed by atoms with E-state index in [4.69, 9.17) is 0 Å². The molecule has 1 fully saturated rings. The fraction of sp³-hybridized carbons (Fsp3) is 0.625. The van der Waals surface area contributed by atoms with Crippen molar-refractivity contribution in [2.24, 2.45) is 5.92 Å². The van der Waals surface area contributed by atoms with Gasteiger partial charge in [0.15, 0.2) is 0 Å². The third-order valence-electron chi connectivity index (χ3n) is 4.14. The maximum atomic E-state index is 11.3. The number of aromatic nitrogens is 1. The molecule has 0 unspecified atom stereocenters. The molecule has 1 aromatic rings. The summed E-state index contributed by atoms with van der Waals surface area (Å²) in [7, 11) is 1.38. The van der Waals surface area contributed by atoms with Crippen LogP contribution in [0.4, 0.5) is 0 Å². The van der Waals surface area contributed by atoms with E-state index in [2.05, 4.69) is 26.9 Å². The third kappa shape index (κ3) is 4.79. The highest BCUT2D eigenvalue weighted by Crippen LogP contribution is 2.15. The molecule has 0 spiro atoms. The molecule has 0 saturated carbocycles. The number of pyridine rings is 1. The van der Waals surface area contributed by atoms with Crippen LogP contribution in [-0.2, 0) is 11.3 Å². The third-order valence-corrected chi connectivity index (χ3v) is 4.14. The zero-order chi connectivity index (χ0) is 15.1. The lowest BCUT2D eigenvalue weighted by Gasteiger charge is -2.31. The standard InChI is InChI=1S/C16H25N3O2/c1-3-19-8-6-13(7-9-19)10-17-12-15-5-4-14(11-18-15)16(20)21-2/h4-5,11,13,17H,3,6-10,12H2,1-2H3. The Balaban J connectivity index is 1.70. The Morgan fingerprint density at radius 2 is 2.19 bits per heavy atom. The molecule has 0 bridgehead atoms. The summed E-state index contributed by atoms with van der Waals surface area (Å²) >= 11 is 0. The van der Waals surface area contributed by atoms with E-state index in [1.54, 1.807) is 12.3 Å². The predicted octanol–water partition coefficient (Wildman–Crippen LogP) is 1.69. The largest absolute Gasteiger partial charge is 0.465 e. The highest BCUT2D eigenvalue weighted by molar-refractivity contribution is 5.88. The molecule has 0 amide bonds. The lowest BCUT2D eigenvalue weighted by Crippen LogP contribution is -2.37. The number of likely N-dealkylation sites (tertiary alicyclic amines) is 1. The first kappa shape index (κ1) is 15.9. The number of esters is 1. The quantitative estimate of drug-likeness (QED) is 0.808. The second kappa shape index (κ2) is 8.10. The van der Waals surface area contributed by atoms with Crippen molar-refractivity contribution in [2.45, 2.75) is 26.3 Å². The van der Waals surface area contributed by atoms with Gasteiger partial charge in [0.05, 0.1) is 18.4 Å². The summed E-state index contributed by atoms with van der Waals surface area (Å²) in [6.07, 6.45) is 4.12. The molecular weight excluding hydrogens is 266 g/mol. The fourth-order valence-electron chi connectivity index (χ4n) is 2.68. The van der Waals surface area contributed by atoms with Crippen LogP contribution in [0, 0.1) is 5.92 Å². The van der Waals surface area contributed by atoms with Crippen LogP contribution in [0.15, 0.2) is 18.3 Å². The van der Waals surface area contributed by atoms with Gasteiger partial charge in [0.1, 0.15) is 0 Å². The van der Waals surface area contributed by atoms with Gasteiger partial charge in [-0.1, -0.05) is 6.92 Å². The van der Waals surface area contributed by atoms with Gasteiger partial charge in [0.25, 0.3) is 0 Å². The van der Waals surface area contributed by atoms with Gasteiger partial charge < -0.3 is 15.0 Å². The topological polar surface area (TPSA) is 54.5 Å². The van der Waals surface area contributed by atoms with Gasteiger partial charge in [-0.3, -0.25) is 4.98 Å². The van der Waals surface area contributed by atoms with E-state index >= 15 is 0 Å². The maximum Gasteiger partial charge on any atom is 0.339 e. The summed E-state index contributed by atoms with van der Waals surface area (Å²) in [4.78, 5) is 18.1. The molecule has 116 valence electrons. The molecule has 0 radical (unpaired) electrons. The van der Waals surface area contributed by atoms with Gasteiger partial charge in [-0.25, -0.2) is 4.79 Å². The fourth-order valence-corrected chi connectivity index (χ4v) is 2.68. The summed E-state index contributed by atoms with van der Waals surface area (Å²) in [6.45, 7) is 7.61. The predicted molar refractivity (Wildman–Crippen MR) is 82.1 cm³/mol. The van der Waals surface area contributed by atoms with Crippen LogP contribution in [0.25, 0.3) is 0 Å². The monoisotopic (exact) mass is 291 g/mol. The Kier molecular flexibility index (Phi) is 6.14. The van der Waals surface area contributed by atoms with Gasteiger partial charge in [0, 0.05) is 12.7 Å². The second-order valence-corrected chi connectivity index (χ2v) is 5.54. The lowest BCUT2D eigenvalue weighted by atomic mass is 9.97. The van der Waals surface area contributed by atoms with Crippen LogP contribution >= 0.6 is 0 Å². The van der Waals surface area contributed by atoms with Crippen molar-refractivity contribution < 1.29 is 9.53 Å². The van der Waals surface area contributed by atoms with Gasteiger partial charge in [-0.05, 0) is 57.1 Å². The Hall–Kier alpha value is -1.46. The molecule has 0 aliphatic carbocycles. The number of methoxy groups -OCH3 is 1. The summed E-state index contributed by atoms with van der Waals surface area (Å²) in [6, 6.07) is 3.63. The van der Waals surface area contributed by atoms with Crippen molar-refractivity contribution in [1.29, 1.82) is 0 Å². The number of carbonyl (C=O) groups excluding carboxylic acids is 1. The minimum Gasteiger partial charge on any atom is -0.465 e. The van der Waals surface area contributed by atoms with Crippen molar-refractivity contribution in [2.75, 3.05) is 33.3 Å². The molecule has 0 aromatic carbocycles. The van der Waals surface area contributed by atoms with Crippen molar-refractivity contribution in [1.82, 2.24) is 15.2 Å². The number of nitrogens with zero attached hydrogens (tertiary/aromatic N) is 2. The number of rotatable bonds is 6. The van der Waals surface area contributed by atoms with Crippen LogP contribution in [0.3, 0.4) is 0 Å². The van der Waals surface area contributed by atoms with Crippen LogP contribution in [-0.4, -0.2) is 49.1 Å². The first-order valence-corrected chi connectivity index (χ1v) is 7.69. The number of hydrogen-bond acceptors (Lipinski definition) is 5. The SMILES string of the molecule is CCN1CCC(CNCc2ccc(C(=O)OC)cn2)CC1. The zero-order valence-corrected chi connectivity index (χ0v) is 13.0. The van der Waals surface area contributed by atoms with Crippen molar-refractivity contribution in [3.63, 3.8) is 0 Å². The molecule has 2 rings (SSSR count). The van der Waals surface area contributed by atoms with Gasteiger partial charge >= 0.3 is 5.97 Å². The Labute approximate surface area is 126 Å². The van der Waals surface area contributed by atoms with Gasteiger partial charge in [-0.15, -0.1) is 0 Å². The van der Waals surface area contributed by atoms with Crippen LogP contribution in [0.2, 0.25) is 0 Å². The van der Waals surface area contributed by atoms with E-state index < -0.39 is 0 Å². The average Bonchev–Trinajstić information content (AvgIpc) is 2.55. The minimum absolute atomic E-state index is 0.343. The number of nitrogens with one attached hydrogen (secondary N) is 1. The van der Waals surface area contributed by atoms with E-state index in [-0.39, 0.29) is 5.97 Å². The van der Waals surface area contributed by atoms with Crippen LogP contribution < -0.4 is 5.32 Å². The average molecular weight is 291 g/mol. The van der Waals surface area contributed by atoms with Crippen molar-refractivity contribution >= 4 is 5.97 Å². The molecule has 21 heavy (non-hydrogen) atoms. The molecule has 1 N–H and O–H groups in total. The highest BCUT2D eigenvalue weighted by atomic mass is 16.5. The molecule has 5 nitrogen and oxygen atoms in total. The van der Waals surface area contributed by atoms with E-state index in [9.17, 15) is 4.79 Å². The Morgan fingerprint density at radius 1 is 1.43 bits per heavy atom. The van der Waals surface area contributed by atoms with Crippen LogP contribution in [0.5, 0.6) is 0 Å². The Bertz CT molecular complexity index is 439. The van der Waals surface area contributed by atoms with E-state index in [1.165, 1.54) is 33.0 Å². The van der Waals surface area contributed by atoms with Gasteiger partial charge in [0.2, 0.25) is 0 Å². The van der Waals surface area contributed by atoms with Crippen molar-refractivity contribution in [3.05, 3.63) is 29.6 Å². The van der Waals surface area contributed by atoms with Crippen molar-refractivity contribution in [3.8, 4) is 0 Å². The summed E-state index contributed by atoms with van der Waals surface area (Å²) in [5, 5.41) is 3.47. The summed E-state index contributed by atoms with van der Waals surface area (Å²) in [5.74, 6) is 0.423. The molecule has 5 heteroatoms. The molecule has 1 aromatic heterocycles. The first-order chi connectivity index (χ1) is 10.2. The molecular formula is C16H25N3O2. The Morgan fingerprint density at radius 3 is 2.76 bits per heavy atom. The number of ether oxygens (including phenoxy) is 1. The van der Waals surface area contributed by atoms with E-state index in [0.29, 0.717) is 5.56 Å². The van der Waals surface area contributed by atoms with Crippen LogP contribution in [0.1, 0.15) is 35.8 Å². The molecule has 1 aliphatic rings. The normalized spacial score (nSPS) is 16.9. The smallest absolute Gasteiger partial charge is 0.339 e. The highest BCUT2D eigenvalue weighted by Gasteiger charge is 2.17. The molecule has 2 heterocycles. The molecule has 1 saturated heterocycles. The number of hydrogen-bond donors (Lipinski definition) is 1.